The molecule has 2 aromatic carbocycles. The molecule has 1 aromatic heterocycles. The molecular weight excluding hydrogens is 402 g/mol. The highest BCUT2D eigenvalue weighted by Gasteiger charge is 2.32. The highest BCUT2D eigenvalue weighted by atomic mass is 16.5. The third-order valence-corrected chi connectivity index (χ3v) is 5.99. The van der Waals surface area contributed by atoms with Gasteiger partial charge in [0.1, 0.15) is 11.5 Å². The molecule has 168 valence electrons. The van der Waals surface area contributed by atoms with E-state index in [2.05, 4.69) is 67.2 Å². The topological polar surface area (TPSA) is 55.7 Å². The average Bonchev–Trinajstić information content (AvgIpc) is 3.26. The van der Waals surface area contributed by atoms with Crippen molar-refractivity contribution in [1.29, 1.82) is 0 Å². The largest absolute Gasteiger partial charge is 0.497 e. The van der Waals surface area contributed by atoms with Crippen molar-refractivity contribution in [2.24, 2.45) is 0 Å². The standard InChI is InChI=1S/C26H31N3O3/c1-26(2,3)19-10-8-18(9-11-19)24-23-7-6-12-28(23)13-14-29(24)25(30)27-20-15-21(31-4)17-22(16-20)32-5/h6-12,15-17,24H,13-14H2,1-5H3,(H,27,30). The van der Waals surface area contributed by atoms with E-state index in [1.165, 1.54) is 5.56 Å². The lowest BCUT2D eigenvalue weighted by molar-refractivity contribution is 0.182. The van der Waals surface area contributed by atoms with Gasteiger partial charge in [-0.1, -0.05) is 45.0 Å². The lowest BCUT2D eigenvalue weighted by atomic mass is 9.86. The molecule has 0 spiro atoms. The zero-order valence-electron chi connectivity index (χ0n) is 19.4. The van der Waals surface area contributed by atoms with Crippen molar-refractivity contribution in [2.45, 2.75) is 38.8 Å². The number of carbonyl (C=O) groups is 1. The first-order valence-electron chi connectivity index (χ1n) is 10.9. The Hall–Kier alpha value is -3.41. The average molecular weight is 434 g/mol. The van der Waals surface area contributed by atoms with Gasteiger partial charge in [0.05, 0.1) is 20.3 Å². The number of nitrogens with zero attached hydrogens (tertiary/aromatic N) is 2. The van der Waals surface area contributed by atoms with E-state index in [4.69, 9.17) is 9.47 Å². The van der Waals surface area contributed by atoms with Crippen molar-refractivity contribution >= 4 is 11.7 Å². The summed E-state index contributed by atoms with van der Waals surface area (Å²) in [4.78, 5) is 15.3. The van der Waals surface area contributed by atoms with Gasteiger partial charge >= 0.3 is 6.03 Å². The zero-order chi connectivity index (χ0) is 22.9. The van der Waals surface area contributed by atoms with Crippen LogP contribution in [0.1, 0.15) is 43.6 Å². The maximum Gasteiger partial charge on any atom is 0.322 e. The summed E-state index contributed by atoms with van der Waals surface area (Å²) in [6, 6.07) is 17.8. The number of aromatic nitrogens is 1. The Morgan fingerprint density at radius 1 is 0.969 bits per heavy atom. The minimum absolute atomic E-state index is 0.0772. The first-order chi connectivity index (χ1) is 15.3. The van der Waals surface area contributed by atoms with Crippen molar-refractivity contribution in [3.63, 3.8) is 0 Å². The van der Waals surface area contributed by atoms with Gasteiger partial charge in [-0.2, -0.15) is 0 Å². The zero-order valence-corrected chi connectivity index (χ0v) is 19.4. The molecule has 1 N–H and O–H groups in total. The van der Waals surface area contributed by atoms with E-state index in [0.717, 1.165) is 17.8 Å². The van der Waals surface area contributed by atoms with Crippen LogP contribution in [0.25, 0.3) is 0 Å². The van der Waals surface area contributed by atoms with Crippen molar-refractivity contribution in [1.82, 2.24) is 9.47 Å². The molecule has 6 nitrogen and oxygen atoms in total. The molecule has 6 heteroatoms. The van der Waals surface area contributed by atoms with Crippen molar-refractivity contribution < 1.29 is 14.3 Å². The van der Waals surface area contributed by atoms with Gasteiger partial charge in [0.25, 0.3) is 0 Å². The number of rotatable bonds is 4. The van der Waals surface area contributed by atoms with Gasteiger partial charge in [0.15, 0.2) is 0 Å². The SMILES string of the molecule is COc1cc(NC(=O)N2CCn3cccc3C2c2ccc(C(C)(C)C)cc2)cc(OC)c1. The highest BCUT2D eigenvalue weighted by Crippen LogP contribution is 2.35. The van der Waals surface area contributed by atoms with Crippen LogP contribution in [0.5, 0.6) is 11.5 Å². The molecule has 0 saturated carbocycles. The van der Waals surface area contributed by atoms with Crippen LogP contribution < -0.4 is 14.8 Å². The number of carbonyl (C=O) groups excluding carboxylic acids is 1. The first kappa shape index (κ1) is 21.8. The second-order valence-electron chi connectivity index (χ2n) is 9.13. The molecule has 0 saturated heterocycles. The number of nitrogens with one attached hydrogen (secondary N) is 1. The first-order valence-corrected chi connectivity index (χ1v) is 10.9. The van der Waals surface area contributed by atoms with E-state index >= 15 is 0 Å². The van der Waals surface area contributed by atoms with Crippen molar-refractivity contribution in [3.8, 4) is 11.5 Å². The Morgan fingerprint density at radius 2 is 1.62 bits per heavy atom. The Kier molecular flexibility index (Phi) is 5.87. The van der Waals surface area contributed by atoms with Crippen LogP contribution in [-0.4, -0.2) is 36.3 Å². The fourth-order valence-electron chi connectivity index (χ4n) is 4.19. The Labute approximate surface area is 189 Å². The van der Waals surface area contributed by atoms with E-state index in [-0.39, 0.29) is 17.5 Å². The third kappa shape index (κ3) is 4.31. The Morgan fingerprint density at radius 3 is 2.22 bits per heavy atom. The van der Waals surface area contributed by atoms with Crippen LogP contribution in [-0.2, 0) is 12.0 Å². The van der Waals surface area contributed by atoms with Gasteiger partial charge in [-0.3, -0.25) is 0 Å². The lowest BCUT2D eigenvalue weighted by Gasteiger charge is -2.37. The van der Waals surface area contributed by atoms with Crippen LogP contribution >= 0.6 is 0 Å². The lowest BCUT2D eigenvalue weighted by Crippen LogP contribution is -2.44. The summed E-state index contributed by atoms with van der Waals surface area (Å²) in [5.41, 5.74) is 4.18. The molecule has 0 aliphatic carbocycles. The van der Waals surface area contributed by atoms with Gasteiger partial charge in [-0.15, -0.1) is 0 Å². The minimum atomic E-state index is -0.166. The summed E-state index contributed by atoms with van der Waals surface area (Å²) in [7, 11) is 3.19. The molecule has 1 aliphatic rings. The smallest absolute Gasteiger partial charge is 0.322 e. The van der Waals surface area contributed by atoms with Crippen LogP contribution in [0.15, 0.2) is 60.8 Å². The van der Waals surface area contributed by atoms with Crippen LogP contribution in [0.3, 0.4) is 0 Å². The van der Waals surface area contributed by atoms with Crippen molar-refractivity contribution in [3.05, 3.63) is 77.6 Å². The number of amides is 2. The molecule has 32 heavy (non-hydrogen) atoms. The summed E-state index contributed by atoms with van der Waals surface area (Å²) in [5.74, 6) is 1.25. The molecule has 0 fully saturated rings. The number of ether oxygens (including phenoxy) is 2. The summed E-state index contributed by atoms with van der Waals surface area (Å²) in [5, 5.41) is 3.04. The van der Waals surface area contributed by atoms with E-state index < -0.39 is 0 Å². The summed E-state index contributed by atoms with van der Waals surface area (Å²) >= 11 is 0. The molecule has 3 aromatic rings. The number of hydrogen-bond acceptors (Lipinski definition) is 3. The third-order valence-electron chi connectivity index (χ3n) is 5.99. The van der Waals surface area contributed by atoms with E-state index in [1.54, 1.807) is 32.4 Å². The number of fused-ring (bicyclic) bond motifs is 1. The normalized spacial score (nSPS) is 15.8. The monoisotopic (exact) mass is 433 g/mol. The van der Waals surface area contributed by atoms with Crippen molar-refractivity contribution in [2.75, 3.05) is 26.1 Å². The number of benzene rings is 2. The molecule has 1 aliphatic heterocycles. The molecular formula is C26H31N3O3. The fourth-order valence-corrected chi connectivity index (χ4v) is 4.19. The predicted molar refractivity (Wildman–Crippen MR) is 127 cm³/mol. The van der Waals surface area contributed by atoms with Gasteiger partial charge < -0.3 is 24.3 Å². The minimum Gasteiger partial charge on any atom is -0.497 e. The summed E-state index contributed by atoms with van der Waals surface area (Å²) in [6.07, 6.45) is 2.08. The molecule has 2 heterocycles. The van der Waals surface area contributed by atoms with Gasteiger partial charge in [0, 0.05) is 48.9 Å². The second kappa shape index (κ2) is 8.61. The van der Waals surface area contributed by atoms with Crippen LogP contribution in [0.2, 0.25) is 0 Å². The van der Waals surface area contributed by atoms with Gasteiger partial charge in [-0.05, 0) is 28.7 Å². The molecule has 2 amide bonds. The molecule has 1 atom stereocenters. The van der Waals surface area contributed by atoms with Gasteiger partial charge in [-0.25, -0.2) is 4.79 Å². The number of anilines is 1. The highest BCUT2D eigenvalue weighted by molar-refractivity contribution is 5.90. The van der Waals surface area contributed by atoms with E-state index in [9.17, 15) is 4.79 Å². The molecule has 0 bridgehead atoms. The second-order valence-corrected chi connectivity index (χ2v) is 9.13. The maximum atomic E-state index is 13.4. The molecule has 0 radical (unpaired) electrons. The van der Waals surface area contributed by atoms with Crippen LogP contribution in [0.4, 0.5) is 10.5 Å². The van der Waals surface area contributed by atoms with E-state index in [1.807, 2.05) is 11.0 Å². The molecule has 1 unspecified atom stereocenters. The number of hydrogen-bond donors (Lipinski definition) is 1. The van der Waals surface area contributed by atoms with E-state index in [0.29, 0.717) is 23.7 Å². The summed E-state index contributed by atoms with van der Waals surface area (Å²) in [6.45, 7) is 7.98. The number of methoxy groups -OCH3 is 2. The number of urea groups is 1. The predicted octanol–water partition coefficient (Wildman–Crippen LogP) is 5.44. The molecule has 4 rings (SSSR count). The summed E-state index contributed by atoms with van der Waals surface area (Å²) < 4.78 is 12.9. The quantitative estimate of drug-likeness (QED) is 0.596. The Balaban J connectivity index is 1.66. The maximum absolute atomic E-state index is 13.4. The van der Waals surface area contributed by atoms with Crippen LogP contribution in [0, 0.1) is 0 Å². The fraction of sp³-hybridized carbons (Fsp3) is 0.346. The van der Waals surface area contributed by atoms with Gasteiger partial charge in [0.2, 0.25) is 0 Å². The Bertz CT molecular complexity index is 1070.